The number of piperazine rings is 1. The molecule has 1 N–H and O–H groups in total. The average Bonchev–Trinajstić information content (AvgIpc) is 3.09. The molecule has 0 aromatic carbocycles. The van der Waals surface area contributed by atoms with E-state index < -0.39 is 0 Å². The topological polar surface area (TPSA) is 55.9 Å². The third-order valence-corrected chi connectivity index (χ3v) is 5.28. The van der Waals surface area contributed by atoms with Crippen molar-refractivity contribution in [3.05, 3.63) is 0 Å². The van der Waals surface area contributed by atoms with E-state index in [4.69, 9.17) is 0 Å². The van der Waals surface area contributed by atoms with Crippen LogP contribution >= 0.6 is 0 Å². The van der Waals surface area contributed by atoms with Crippen LogP contribution in [-0.2, 0) is 4.79 Å². The summed E-state index contributed by atoms with van der Waals surface area (Å²) in [6, 6.07) is 0.462. The van der Waals surface area contributed by atoms with E-state index in [2.05, 4.69) is 12.2 Å². The quantitative estimate of drug-likeness (QED) is 0.777. The van der Waals surface area contributed by atoms with Gasteiger partial charge in [0.1, 0.15) is 0 Å². The van der Waals surface area contributed by atoms with Crippen molar-refractivity contribution in [2.75, 3.05) is 45.8 Å². The number of urea groups is 1. The minimum atomic E-state index is 0.100. The Kier molecular flexibility index (Phi) is 4.86. The van der Waals surface area contributed by atoms with E-state index in [1.165, 1.54) is 0 Å². The summed E-state index contributed by atoms with van der Waals surface area (Å²) in [6.07, 6.45) is 3.88. The van der Waals surface area contributed by atoms with Crippen LogP contribution in [0.15, 0.2) is 0 Å². The van der Waals surface area contributed by atoms with Crippen molar-refractivity contribution in [2.24, 2.45) is 5.92 Å². The predicted molar refractivity (Wildman–Crippen MR) is 84.5 cm³/mol. The monoisotopic (exact) mass is 308 g/mol. The molecular weight excluding hydrogens is 280 g/mol. The average molecular weight is 308 g/mol. The number of nitrogens with zero attached hydrogens (tertiary/aromatic N) is 3. The van der Waals surface area contributed by atoms with Crippen LogP contribution in [0.2, 0.25) is 0 Å². The molecule has 3 heterocycles. The fraction of sp³-hybridized carbons (Fsp3) is 0.875. The van der Waals surface area contributed by atoms with Gasteiger partial charge in [0.25, 0.3) is 0 Å². The number of piperidine rings is 1. The van der Waals surface area contributed by atoms with Crippen LogP contribution in [0.25, 0.3) is 0 Å². The molecular formula is C16H28N4O2. The lowest BCUT2D eigenvalue weighted by Crippen LogP contribution is -2.55. The molecule has 0 bridgehead atoms. The molecule has 124 valence electrons. The van der Waals surface area contributed by atoms with Gasteiger partial charge in [0.05, 0.1) is 0 Å². The lowest BCUT2D eigenvalue weighted by Gasteiger charge is -2.39. The number of nitrogens with one attached hydrogen (secondary N) is 1. The highest BCUT2D eigenvalue weighted by atomic mass is 16.2. The van der Waals surface area contributed by atoms with Crippen LogP contribution < -0.4 is 5.32 Å². The SMILES string of the molecule is CC1CNCCN1C(=O)C1CCN(C(=O)N2CCCC2)CC1. The van der Waals surface area contributed by atoms with E-state index in [0.29, 0.717) is 5.91 Å². The third-order valence-electron chi connectivity index (χ3n) is 5.28. The van der Waals surface area contributed by atoms with Gasteiger partial charge in [0.15, 0.2) is 0 Å². The lowest BCUT2D eigenvalue weighted by molar-refractivity contribution is -0.139. The van der Waals surface area contributed by atoms with Crippen molar-refractivity contribution < 1.29 is 9.59 Å². The molecule has 0 aromatic heterocycles. The number of hydrogen-bond acceptors (Lipinski definition) is 3. The lowest BCUT2D eigenvalue weighted by atomic mass is 9.94. The molecule has 22 heavy (non-hydrogen) atoms. The van der Waals surface area contributed by atoms with Crippen molar-refractivity contribution in [3.8, 4) is 0 Å². The summed E-state index contributed by atoms with van der Waals surface area (Å²) >= 11 is 0. The fourth-order valence-corrected chi connectivity index (χ4v) is 3.83. The highest BCUT2D eigenvalue weighted by molar-refractivity contribution is 5.80. The van der Waals surface area contributed by atoms with E-state index in [9.17, 15) is 9.59 Å². The number of likely N-dealkylation sites (tertiary alicyclic amines) is 2. The summed E-state index contributed by atoms with van der Waals surface area (Å²) < 4.78 is 0. The number of carbonyl (C=O) groups excluding carboxylic acids is 2. The molecule has 0 radical (unpaired) electrons. The van der Waals surface area contributed by atoms with E-state index in [-0.39, 0.29) is 18.0 Å². The highest BCUT2D eigenvalue weighted by Crippen LogP contribution is 2.23. The minimum Gasteiger partial charge on any atom is -0.337 e. The Morgan fingerprint density at radius 3 is 2.23 bits per heavy atom. The van der Waals surface area contributed by atoms with Crippen LogP contribution in [0.3, 0.4) is 0 Å². The van der Waals surface area contributed by atoms with Crippen molar-refractivity contribution >= 4 is 11.9 Å². The van der Waals surface area contributed by atoms with E-state index in [1.807, 2.05) is 14.7 Å². The normalized spacial score (nSPS) is 27.3. The Labute approximate surface area is 132 Å². The summed E-state index contributed by atoms with van der Waals surface area (Å²) in [5, 5.41) is 3.32. The number of rotatable bonds is 1. The zero-order chi connectivity index (χ0) is 15.5. The van der Waals surface area contributed by atoms with Gasteiger partial charge in [-0.05, 0) is 32.6 Å². The molecule has 0 saturated carbocycles. The zero-order valence-corrected chi connectivity index (χ0v) is 13.6. The molecule has 6 nitrogen and oxygen atoms in total. The van der Waals surface area contributed by atoms with Gasteiger partial charge >= 0.3 is 6.03 Å². The van der Waals surface area contributed by atoms with E-state index in [0.717, 1.165) is 71.5 Å². The second-order valence-electron chi connectivity index (χ2n) is 6.82. The van der Waals surface area contributed by atoms with Crippen LogP contribution in [-0.4, -0.2) is 78.5 Å². The first-order valence-electron chi connectivity index (χ1n) is 8.72. The molecule has 3 aliphatic rings. The maximum Gasteiger partial charge on any atom is 0.319 e. The first-order valence-corrected chi connectivity index (χ1v) is 8.72. The Bertz CT molecular complexity index is 414. The maximum absolute atomic E-state index is 12.7. The van der Waals surface area contributed by atoms with Crippen molar-refractivity contribution in [1.29, 1.82) is 0 Å². The van der Waals surface area contributed by atoms with Crippen molar-refractivity contribution in [1.82, 2.24) is 20.0 Å². The largest absolute Gasteiger partial charge is 0.337 e. The maximum atomic E-state index is 12.7. The van der Waals surface area contributed by atoms with E-state index in [1.54, 1.807) is 0 Å². The highest BCUT2D eigenvalue weighted by Gasteiger charge is 2.34. The number of amides is 3. The predicted octanol–water partition coefficient (Wildman–Crippen LogP) is 0.735. The Balaban J connectivity index is 1.50. The van der Waals surface area contributed by atoms with Gasteiger partial charge in [-0.25, -0.2) is 4.79 Å². The zero-order valence-electron chi connectivity index (χ0n) is 13.6. The Morgan fingerprint density at radius 2 is 1.59 bits per heavy atom. The van der Waals surface area contributed by atoms with Gasteiger partial charge in [-0.2, -0.15) is 0 Å². The summed E-state index contributed by atoms with van der Waals surface area (Å²) in [7, 11) is 0. The number of hydrogen-bond donors (Lipinski definition) is 1. The standard InChI is InChI=1S/C16H28N4O2/c1-13-12-17-6-11-20(13)15(21)14-4-9-19(10-5-14)16(22)18-7-2-3-8-18/h13-14,17H,2-12H2,1H3. The summed E-state index contributed by atoms with van der Waals surface area (Å²) in [4.78, 5) is 31.0. The van der Waals surface area contributed by atoms with E-state index >= 15 is 0 Å². The molecule has 1 unspecified atom stereocenters. The Hall–Kier alpha value is -1.30. The Morgan fingerprint density at radius 1 is 0.955 bits per heavy atom. The third kappa shape index (κ3) is 3.21. The van der Waals surface area contributed by atoms with Gasteiger partial charge in [-0.15, -0.1) is 0 Å². The summed E-state index contributed by atoms with van der Waals surface area (Å²) in [5.41, 5.74) is 0. The van der Waals surface area contributed by atoms with Crippen LogP contribution in [0.1, 0.15) is 32.6 Å². The molecule has 0 aromatic rings. The molecule has 3 aliphatic heterocycles. The molecule has 3 amide bonds. The van der Waals surface area contributed by atoms with Gasteiger partial charge in [0.2, 0.25) is 5.91 Å². The fourth-order valence-electron chi connectivity index (χ4n) is 3.83. The second kappa shape index (κ2) is 6.86. The molecule has 1 atom stereocenters. The van der Waals surface area contributed by atoms with Crippen LogP contribution in [0, 0.1) is 5.92 Å². The molecule has 3 saturated heterocycles. The molecule has 0 spiro atoms. The summed E-state index contributed by atoms with van der Waals surface area (Å²) in [5.74, 6) is 0.394. The first kappa shape index (κ1) is 15.6. The van der Waals surface area contributed by atoms with Crippen LogP contribution in [0.4, 0.5) is 4.79 Å². The van der Waals surface area contributed by atoms with Gasteiger partial charge in [-0.1, -0.05) is 0 Å². The smallest absolute Gasteiger partial charge is 0.319 e. The summed E-state index contributed by atoms with van der Waals surface area (Å²) in [6.45, 7) is 7.95. The molecule has 3 rings (SSSR count). The molecule has 6 heteroatoms. The van der Waals surface area contributed by atoms with Crippen LogP contribution in [0.5, 0.6) is 0 Å². The second-order valence-corrected chi connectivity index (χ2v) is 6.82. The minimum absolute atomic E-state index is 0.100. The number of carbonyl (C=O) groups is 2. The van der Waals surface area contributed by atoms with Gasteiger partial charge in [0, 0.05) is 57.8 Å². The molecule has 3 fully saturated rings. The first-order chi connectivity index (χ1) is 10.7. The van der Waals surface area contributed by atoms with Crippen molar-refractivity contribution in [3.63, 3.8) is 0 Å². The van der Waals surface area contributed by atoms with Gasteiger partial charge in [-0.3, -0.25) is 4.79 Å². The van der Waals surface area contributed by atoms with Crippen molar-refractivity contribution in [2.45, 2.75) is 38.6 Å². The van der Waals surface area contributed by atoms with Gasteiger partial charge < -0.3 is 20.0 Å². The molecule has 0 aliphatic carbocycles.